The van der Waals surface area contributed by atoms with E-state index < -0.39 is 10.0 Å². The number of ether oxygens (including phenoxy) is 2. The Morgan fingerprint density at radius 2 is 1.85 bits per heavy atom. The molecule has 4 rings (SSSR count). The fourth-order valence-electron chi connectivity index (χ4n) is 3.26. The van der Waals surface area contributed by atoms with Crippen LogP contribution in [0.25, 0.3) is 0 Å². The van der Waals surface area contributed by atoms with Crippen LogP contribution in [0, 0.1) is 0 Å². The predicted octanol–water partition coefficient (Wildman–Crippen LogP) is 2.33. The van der Waals surface area contributed by atoms with Crippen LogP contribution in [0.3, 0.4) is 0 Å². The lowest BCUT2D eigenvalue weighted by molar-refractivity contribution is -0.116. The number of hydrogen-bond acceptors (Lipinski definition) is 5. The van der Waals surface area contributed by atoms with E-state index in [0.29, 0.717) is 36.0 Å². The molecule has 0 radical (unpaired) electrons. The van der Waals surface area contributed by atoms with Gasteiger partial charge in [0.15, 0.2) is 11.5 Å². The van der Waals surface area contributed by atoms with E-state index in [-0.39, 0.29) is 23.3 Å². The molecule has 0 fully saturated rings. The quantitative estimate of drug-likeness (QED) is 0.869. The van der Waals surface area contributed by atoms with Crippen LogP contribution >= 0.6 is 0 Å². The highest BCUT2D eigenvalue weighted by atomic mass is 32.2. The maximum absolute atomic E-state index is 13.0. The molecule has 2 aliphatic rings. The molecule has 2 aromatic rings. The highest BCUT2D eigenvalue weighted by Gasteiger charge is 2.29. The van der Waals surface area contributed by atoms with E-state index in [4.69, 9.17) is 9.47 Å². The van der Waals surface area contributed by atoms with Gasteiger partial charge < -0.3 is 14.8 Å². The molecule has 8 heteroatoms. The Balaban J connectivity index is 1.58. The largest absolute Gasteiger partial charge is 0.486 e. The first kappa shape index (κ1) is 17.8. The molecule has 0 bridgehead atoms. The Kier molecular flexibility index (Phi) is 4.32. The van der Waals surface area contributed by atoms with Gasteiger partial charge in [0, 0.05) is 19.3 Å². The topological polar surface area (TPSA) is 84.9 Å². The molecule has 7 nitrogen and oxygen atoms in total. The van der Waals surface area contributed by atoms with E-state index >= 15 is 0 Å². The summed E-state index contributed by atoms with van der Waals surface area (Å²) in [5, 5.41) is 2.75. The van der Waals surface area contributed by atoms with Crippen molar-refractivity contribution < 1.29 is 22.7 Å². The van der Waals surface area contributed by atoms with Crippen LogP contribution in [-0.2, 0) is 21.4 Å². The fraction of sp³-hybridized carbons (Fsp3) is 0.316. The van der Waals surface area contributed by atoms with Crippen LogP contribution in [0.1, 0.15) is 24.0 Å². The SMILES string of the molecule is C[C@@H]1C(=O)Nc2ccc(S(=O)(=O)N(C)Cc3ccc4c(c3)OCCO4)cc21. The maximum atomic E-state index is 13.0. The summed E-state index contributed by atoms with van der Waals surface area (Å²) in [6, 6.07) is 10.2. The van der Waals surface area contributed by atoms with E-state index in [1.54, 1.807) is 31.2 Å². The second-order valence-corrected chi connectivity index (χ2v) is 8.74. The summed E-state index contributed by atoms with van der Waals surface area (Å²) < 4.78 is 38.3. The van der Waals surface area contributed by atoms with E-state index in [1.165, 1.54) is 17.4 Å². The Morgan fingerprint density at radius 1 is 1.11 bits per heavy atom. The summed E-state index contributed by atoms with van der Waals surface area (Å²) in [6.45, 7) is 2.94. The standard InChI is InChI=1S/C19H20N2O5S/c1-12-15-10-14(4-5-16(15)20-19(12)22)27(23,24)21(2)11-13-3-6-17-18(9-13)26-8-7-25-17/h3-6,9-10,12H,7-8,11H2,1-2H3,(H,20,22)/t12-/m0/s1. The highest BCUT2D eigenvalue weighted by molar-refractivity contribution is 7.89. The lowest BCUT2D eigenvalue weighted by Gasteiger charge is -2.21. The number of anilines is 1. The third-order valence-corrected chi connectivity index (χ3v) is 6.66. The summed E-state index contributed by atoms with van der Waals surface area (Å²) in [7, 11) is -2.16. The monoisotopic (exact) mass is 388 g/mol. The number of amides is 1. The van der Waals surface area contributed by atoms with Gasteiger partial charge in [0.1, 0.15) is 13.2 Å². The van der Waals surface area contributed by atoms with Gasteiger partial charge in [-0.05, 0) is 48.4 Å². The summed E-state index contributed by atoms with van der Waals surface area (Å²) in [6.07, 6.45) is 0. The molecule has 0 aliphatic carbocycles. The number of carbonyl (C=O) groups is 1. The Labute approximate surface area is 157 Å². The average molecular weight is 388 g/mol. The van der Waals surface area contributed by atoms with Gasteiger partial charge in [-0.3, -0.25) is 4.79 Å². The number of sulfonamides is 1. The smallest absolute Gasteiger partial charge is 0.243 e. The molecule has 0 saturated heterocycles. The molecular formula is C19H20N2O5S. The van der Waals surface area contributed by atoms with Crippen LogP contribution in [0.4, 0.5) is 5.69 Å². The van der Waals surface area contributed by atoms with Crippen LogP contribution in [0.5, 0.6) is 11.5 Å². The third-order valence-electron chi connectivity index (χ3n) is 4.86. The van der Waals surface area contributed by atoms with Crippen LogP contribution in [0.2, 0.25) is 0 Å². The van der Waals surface area contributed by atoms with Crippen molar-refractivity contribution in [3.8, 4) is 11.5 Å². The van der Waals surface area contributed by atoms with E-state index in [2.05, 4.69) is 5.32 Å². The molecular weight excluding hydrogens is 368 g/mol. The van der Waals surface area contributed by atoms with Gasteiger partial charge in [0.2, 0.25) is 15.9 Å². The lowest BCUT2D eigenvalue weighted by Crippen LogP contribution is -2.26. The number of carbonyl (C=O) groups excluding carboxylic acids is 1. The zero-order valence-corrected chi connectivity index (χ0v) is 15.9. The van der Waals surface area contributed by atoms with Gasteiger partial charge in [-0.1, -0.05) is 6.07 Å². The molecule has 2 heterocycles. The molecule has 2 aliphatic heterocycles. The summed E-state index contributed by atoms with van der Waals surface area (Å²) in [4.78, 5) is 12.0. The Morgan fingerprint density at radius 3 is 2.63 bits per heavy atom. The second-order valence-electron chi connectivity index (χ2n) is 6.70. The Hall–Kier alpha value is -2.58. The molecule has 1 N–H and O–H groups in total. The maximum Gasteiger partial charge on any atom is 0.243 e. The van der Waals surface area contributed by atoms with Crippen LogP contribution in [-0.4, -0.2) is 38.9 Å². The van der Waals surface area contributed by atoms with Crippen molar-refractivity contribution in [3.63, 3.8) is 0 Å². The molecule has 0 spiro atoms. The number of benzene rings is 2. The number of fused-ring (bicyclic) bond motifs is 2. The fourth-order valence-corrected chi connectivity index (χ4v) is 4.46. The third kappa shape index (κ3) is 3.15. The number of nitrogens with zero attached hydrogens (tertiary/aromatic N) is 1. The summed E-state index contributed by atoms with van der Waals surface area (Å²) >= 11 is 0. The first-order valence-electron chi connectivity index (χ1n) is 8.66. The van der Waals surface area contributed by atoms with E-state index in [9.17, 15) is 13.2 Å². The molecule has 142 valence electrons. The van der Waals surface area contributed by atoms with Gasteiger partial charge in [-0.2, -0.15) is 4.31 Å². The first-order chi connectivity index (χ1) is 12.9. The van der Waals surface area contributed by atoms with Gasteiger partial charge in [0.05, 0.1) is 10.8 Å². The van der Waals surface area contributed by atoms with Crippen molar-refractivity contribution in [2.24, 2.45) is 0 Å². The van der Waals surface area contributed by atoms with E-state index in [0.717, 1.165) is 5.56 Å². The molecule has 0 unspecified atom stereocenters. The van der Waals surface area contributed by atoms with Crippen LogP contribution < -0.4 is 14.8 Å². The average Bonchev–Trinajstić information content (AvgIpc) is 2.95. The summed E-state index contributed by atoms with van der Waals surface area (Å²) in [5.41, 5.74) is 2.17. The normalized spacial score (nSPS) is 18.3. The minimum absolute atomic E-state index is 0.121. The predicted molar refractivity (Wildman–Crippen MR) is 99.6 cm³/mol. The lowest BCUT2D eigenvalue weighted by atomic mass is 10.0. The second kappa shape index (κ2) is 6.54. The van der Waals surface area contributed by atoms with Crippen molar-refractivity contribution in [1.29, 1.82) is 0 Å². The van der Waals surface area contributed by atoms with Crippen molar-refractivity contribution in [1.82, 2.24) is 4.31 Å². The Bertz CT molecular complexity index is 1020. The minimum Gasteiger partial charge on any atom is -0.486 e. The van der Waals surface area contributed by atoms with E-state index in [1.807, 2.05) is 6.07 Å². The van der Waals surface area contributed by atoms with Gasteiger partial charge >= 0.3 is 0 Å². The molecule has 1 amide bonds. The van der Waals surface area contributed by atoms with Crippen molar-refractivity contribution in [3.05, 3.63) is 47.5 Å². The minimum atomic E-state index is -3.70. The number of hydrogen-bond donors (Lipinski definition) is 1. The molecule has 27 heavy (non-hydrogen) atoms. The highest BCUT2D eigenvalue weighted by Crippen LogP contribution is 2.35. The molecule has 2 aromatic carbocycles. The molecule has 1 atom stereocenters. The zero-order valence-electron chi connectivity index (χ0n) is 15.1. The van der Waals surface area contributed by atoms with Crippen molar-refractivity contribution in [2.75, 3.05) is 25.6 Å². The van der Waals surface area contributed by atoms with Gasteiger partial charge in [0.25, 0.3) is 0 Å². The zero-order chi connectivity index (χ0) is 19.2. The number of nitrogens with one attached hydrogen (secondary N) is 1. The molecule has 0 saturated carbocycles. The van der Waals surface area contributed by atoms with Crippen molar-refractivity contribution >= 4 is 21.6 Å². The van der Waals surface area contributed by atoms with Crippen LogP contribution in [0.15, 0.2) is 41.3 Å². The van der Waals surface area contributed by atoms with Gasteiger partial charge in [-0.25, -0.2) is 8.42 Å². The van der Waals surface area contributed by atoms with Crippen molar-refractivity contribution in [2.45, 2.75) is 24.3 Å². The molecule has 0 aromatic heterocycles. The first-order valence-corrected chi connectivity index (χ1v) is 10.1. The number of rotatable bonds is 4. The van der Waals surface area contributed by atoms with Gasteiger partial charge in [-0.15, -0.1) is 0 Å². The summed E-state index contributed by atoms with van der Waals surface area (Å²) in [5.74, 6) is 0.809.